The molecule has 0 saturated heterocycles. The molecule has 0 amide bonds. The van der Waals surface area contributed by atoms with Gasteiger partial charge in [0.2, 0.25) is 0 Å². The number of alkyl halides is 1. The minimum atomic E-state index is 0.453. The van der Waals surface area contributed by atoms with Crippen LogP contribution in [0.5, 0.6) is 0 Å². The van der Waals surface area contributed by atoms with Crippen LogP contribution in [0.2, 0.25) is 0 Å². The van der Waals surface area contributed by atoms with Crippen LogP contribution in [0, 0.1) is 17.8 Å². The van der Waals surface area contributed by atoms with Crippen molar-refractivity contribution in [3.8, 4) is 0 Å². The van der Waals surface area contributed by atoms with E-state index in [1.807, 2.05) is 0 Å². The van der Waals surface area contributed by atoms with E-state index < -0.39 is 0 Å². The molecule has 0 aromatic rings. The number of hydrogen-bond donors (Lipinski definition) is 0. The number of hydrogen-bond acceptors (Lipinski definition) is 0. The van der Waals surface area contributed by atoms with E-state index in [0.717, 1.165) is 17.8 Å². The molecule has 0 aliphatic heterocycles. The zero-order chi connectivity index (χ0) is 10.6. The fourth-order valence-corrected chi connectivity index (χ4v) is 3.03. The normalized spacial score (nSPS) is 33.4. The van der Waals surface area contributed by atoms with Gasteiger partial charge in [-0.3, -0.25) is 0 Å². The first-order valence-corrected chi connectivity index (χ1v) is 6.72. The van der Waals surface area contributed by atoms with Gasteiger partial charge >= 0.3 is 0 Å². The molecule has 0 aromatic heterocycles. The quantitative estimate of drug-likeness (QED) is 0.467. The summed E-state index contributed by atoms with van der Waals surface area (Å²) in [6.45, 7) is 7.11. The van der Waals surface area contributed by atoms with Crippen molar-refractivity contribution in [3.63, 3.8) is 0 Å². The van der Waals surface area contributed by atoms with Crippen LogP contribution in [0.3, 0.4) is 0 Å². The first-order valence-electron chi connectivity index (χ1n) is 6.29. The zero-order valence-corrected chi connectivity index (χ0v) is 10.7. The maximum Gasteiger partial charge on any atom is 0.0338 e. The van der Waals surface area contributed by atoms with Crippen molar-refractivity contribution in [2.24, 2.45) is 17.8 Å². The molecule has 0 bridgehead atoms. The highest BCUT2D eigenvalue weighted by atomic mass is 35.5. The summed E-state index contributed by atoms with van der Waals surface area (Å²) in [5, 5.41) is 0.453. The standard InChI is InChI=1S/C13H25Cl/c1-4-10(2)11(3)12-7-5-6-8-13(14)9-12/h10-13H,4-9H2,1-3H3. The van der Waals surface area contributed by atoms with Gasteiger partial charge < -0.3 is 0 Å². The Bertz CT molecular complexity index is 155. The van der Waals surface area contributed by atoms with Gasteiger partial charge in [0.1, 0.15) is 0 Å². The van der Waals surface area contributed by atoms with Crippen molar-refractivity contribution in [1.29, 1.82) is 0 Å². The second-order valence-corrected chi connectivity index (χ2v) is 5.74. The second-order valence-electron chi connectivity index (χ2n) is 5.12. The van der Waals surface area contributed by atoms with Crippen LogP contribution in [0.1, 0.15) is 59.3 Å². The Hall–Kier alpha value is 0.290. The molecular weight excluding hydrogens is 192 g/mol. The lowest BCUT2D eigenvalue weighted by molar-refractivity contribution is 0.234. The molecule has 0 heterocycles. The SMILES string of the molecule is CCC(C)C(C)C1CCCCC(Cl)C1. The van der Waals surface area contributed by atoms with E-state index in [-0.39, 0.29) is 0 Å². The van der Waals surface area contributed by atoms with E-state index in [0.29, 0.717) is 5.38 Å². The van der Waals surface area contributed by atoms with Crippen LogP contribution in [0.25, 0.3) is 0 Å². The third kappa shape index (κ3) is 3.46. The molecule has 4 unspecified atom stereocenters. The molecule has 0 nitrogen and oxygen atoms in total. The third-order valence-corrected chi connectivity index (χ3v) is 4.58. The van der Waals surface area contributed by atoms with Gasteiger partial charge in [-0.2, -0.15) is 0 Å². The van der Waals surface area contributed by atoms with E-state index in [2.05, 4.69) is 20.8 Å². The topological polar surface area (TPSA) is 0 Å². The minimum absolute atomic E-state index is 0.453. The molecule has 0 aromatic carbocycles. The highest BCUT2D eigenvalue weighted by Gasteiger charge is 2.25. The largest absolute Gasteiger partial charge is 0.123 e. The van der Waals surface area contributed by atoms with Crippen molar-refractivity contribution in [1.82, 2.24) is 0 Å². The van der Waals surface area contributed by atoms with Gasteiger partial charge in [-0.1, -0.05) is 46.5 Å². The van der Waals surface area contributed by atoms with Crippen molar-refractivity contribution >= 4 is 11.6 Å². The van der Waals surface area contributed by atoms with Crippen LogP contribution >= 0.6 is 11.6 Å². The molecule has 14 heavy (non-hydrogen) atoms. The number of halogens is 1. The van der Waals surface area contributed by atoms with Gasteiger partial charge in [0, 0.05) is 5.38 Å². The molecule has 1 saturated carbocycles. The molecule has 0 N–H and O–H groups in total. The second kappa shape index (κ2) is 6.00. The average Bonchev–Trinajstić information content (AvgIpc) is 2.40. The van der Waals surface area contributed by atoms with Gasteiger partial charge in [0.15, 0.2) is 0 Å². The Morgan fingerprint density at radius 2 is 1.86 bits per heavy atom. The molecule has 0 radical (unpaired) electrons. The fourth-order valence-electron chi connectivity index (χ4n) is 2.65. The van der Waals surface area contributed by atoms with Gasteiger partial charge in [-0.15, -0.1) is 11.6 Å². The van der Waals surface area contributed by atoms with Crippen LogP contribution in [0.15, 0.2) is 0 Å². The molecule has 1 rings (SSSR count). The Kier molecular flexibility index (Phi) is 5.30. The van der Waals surface area contributed by atoms with E-state index in [1.165, 1.54) is 38.5 Å². The van der Waals surface area contributed by atoms with E-state index in [9.17, 15) is 0 Å². The van der Waals surface area contributed by atoms with Crippen molar-refractivity contribution in [2.75, 3.05) is 0 Å². The summed E-state index contributed by atoms with van der Waals surface area (Å²) in [7, 11) is 0. The van der Waals surface area contributed by atoms with E-state index in [1.54, 1.807) is 0 Å². The average molecular weight is 217 g/mol. The molecule has 1 fully saturated rings. The number of rotatable bonds is 3. The summed E-state index contributed by atoms with van der Waals surface area (Å²) in [5.41, 5.74) is 0. The van der Waals surface area contributed by atoms with Gasteiger partial charge in [-0.05, 0) is 30.6 Å². The summed E-state index contributed by atoms with van der Waals surface area (Å²) in [4.78, 5) is 0. The molecule has 1 aliphatic carbocycles. The van der Waals surface area contributed by atoms with Crippen LogP contribution in [-0.2, 0) is 0 Å². The Morgan fingerprint density at radius 1 is 1.21 bits per heavy atom. The lowest BCUT2D eigenvalue weighted by atomic mass is 9.79. The highest BCUT2D eigenvalue weighted by molar-refractivity contribution is 6.20. The lowest BCUT2D eigenvalue weighted by Crippen LogP contribution is -2.20. The Morgan fingerprint density at radius 3 is 2.50 bits per heavy atom. The lowest BCUT2D eigenvalue weighted by Gasteiger charge is -2.28. The fraction of sp³-hybridized carbons (Fsp3) is 1.00. The Labute approximate surface area is 94.4 Å². The monoisotopic (exact) mass is 216 g/mol. The van der Waals surface area contributed by atoms with Gasteiger partial charge in [-0.25, -0.2) is 0 Å². The van der Waals surface area contributed by atoms with Crippen molar-refractivity contribution in [3.05, 3.63) is 0 Å². The molecule has 0 spiro atoms. The summed E-state index contributed by atoms with van der Waals surface area (Å²) in [5.74, 6) is 2.61. The van der Waals surface area contributed by atoms with E-state index >= 15 is 0 Å². The third-order valence-electron chi connectivity index (χ3n) is 4.19. The maximum absolute atomic E-state index is 6.31. The molecular formula is C13H25Cl. The summed E-state index contributed by atoms with van der Waals surface area (Å²) in [6, 6.07) is 0. The van der Waals surface area contributed by atoms with Gasteiger partial charge in [0.05, 0.1) is 0 Å². The maximum atomic E-state index is 6.31. The molecule has 1 heteroatoms. The first kappa shape index (κ1) is 12.4. The smallest absolute Gasteiger partial charge is 0.0338 e. The van der Waals surface area contributed by atoms with Crippen molar-refractivity contribution < 1.29 is 0 Å². The summed E-state index contributed by atoms with van der Waals surface area (Å²) in [6.07, 6.45) is 7.96. The van der Waals surface area contributed by atoms with Crippen molar-refractivity contribution in [2.45, 2.75) is 64.7 Å². The molecule has 1 aliphatic rings. The van der Waals surface area contributed by atoms with Crippen LogP contribution < -0.4 is 0 Å². The Balaban J connectivity index is 2.47. The molecule has 84 valence electrons. The van der Waals surface area contributed by atoms with Crippen LogP contribution in [-0.4, -0.2) is 5.38 Å². The first-order chi connectivity index (χ1) is 6.65. The minimum Gasteiger partial charge on any atom is -0.123 e. The predicted octanol–water partition coefficient (Wildman–Crippen LogP) is 4.86. The molecule has 4 atom stereocenters. The van der Waals surface area contributed by atoms with Gasteiger partial charge in [0.25, 0.3) is 0 Å². The highest BCUT2D eigenvalue weighted by Crippen LogP contribution is 2.35. The summed E-state index contributed by atoms with van der Waals surface area (Å²) >= 11 is 6.31. The van der Waals surface area contributed by atoms with E-state index in [4.69, 9.17) is 11.6 Å². The predicted molar refractivity (Wildman–Crippen MR) is 64.8 cm³/mol. The van der Waals surface area contributed by atoms with Crippen LogP contribution in [0.4, 0.5) is 0 Å². The zero-order valence-electron chi connectivity index (χ0n) is 9.93. The summed E-state index contributed by atoms with van der Waals surface area (Å²) < 4.78 is 0.